The molecule has 0 bridgehead atoms. The van der Waals surface area contributed by atoms with Crippen LogP contribution in [0.4, 0.5) is 0 Å². The van der Waals surface area contributed by atoms with Crippen LogP contribution >= 0.6 is 0 Å². The van der Waals surface area contributed by atoms with Crippen LogP contribution in [-0.2, 0) is 24.1 Å². The van der Waals surface area contributed by atoms with Crippen LogP contribution in [0.5, 0.6) is 0 Å². The van der Waals surface area contributed by atoms with Crippen molar-refractivity contribution >= 4 is 5.78 Å². The number of carbonyl (C=O) groups excluding carboxylic acids is 1. The third kappa shape index (κ3) is 4.04. The smallest absolute Gasteiger partial charge is 0.154 e. The average Bonchev–Trinajstić information content (AvgIpc) is 2.49. The van der Waals surface area contributed by atoms with Crippen LogP contribution in [0.1, 0.15) is 23.6 Å². The topological polar surface area (TPSA) is 43.1 Å². The van der Waals surface area contributed by atoms with Gasteiger partial charge in [0.15, 0.2) is 5.78 Å². The molecule has 0 heterocycles. The van der Waals surface area contributed by atoms with E-state index in [0.717, 1.165) is 17.5 Å². The normalized spacial score (nSPS) is 12.1. The Kier molecular flexibility index (Phi) is 5.08. The minimum Gasteiger partial charge on any atom is -0.321 e. The fraction of sp³-hybridized carbons (Fsp3) is 0.278. The van der Waals surface area contributed by atoms with Crippen molar-refractivity contribution in [2.24, 2.45) is 5.73 Å². The Morgan fingerprint density at radius 2 is 1.55 bits per heavy atom. The fourth-order valence-corrected chi connectivity index (χ4v) is 2.21. The summed E-state index contributed by atoms with van der Waals surface area (Å²) >= 11 is 0. The van der Waals surface area contributed by atoms with E-state index in [1.165, 1.54) is 5.56 Å². The molecule has 0 saturated heterocycles. The Labute approximate surface area is 120 Å². The van der Waals surface area contributed by atoms with Crippen LogP contribution in [0, 0.1) is 0 Å². The zero-order chi connectivity index (χ0) is 14.4. The molecule has 2 rings (SSSR count). The first-order valence-electron chi connectivity index (χ1n) is 7.09. The van der Waals surface area contributed by atoms with Crippen LogP contribution < -0.4 is 5.73 Å². The molecule has 0 aliphatic carbocycles. The van der Waals surface area contributed by atoms with Gasteiger partial charge in [-0.15, -0.1) is 0 Å². The van der Waals surface area contributed by atoms with Gasteiger partial charge in [0.05, 0.1) is 6.04 Å². The highest BCUT2D eigenvalue weighted by Crippen LogP contribution is 2.09. The number of benzene rings is 2. The molecule has 2 nitrogen and oxygen atoms in total. The van der Waals surface area contributed by atoms with Crippen molar-refractivity contribution in [1.82, 2.24) is 0 Å². The van der Waals surface area contributed by atoms with Gasteiger partial charge in [0.1, 0.15) is 0 Å². The van der Waals surface area contributed by atoms with Crippen molar-refractivity contribution in [1.29, 1.82) is 0 Å². The van der Waals surface area contributed by atoms with Gasteiger partial charge in [-0.05, 0) is 29.5 Å². The molecule has 104 valence electrons. The summed E-state index contributed by atoms with van der Waals surface area (Å²) in [6.45, 7) is 2.12. The van der Waals surface area contributed by atoms with Gasteiger partial charge in [-0.1, -0.05) is 61.5 Å². The molecule has 20 heavy (non-hydrogen) atoms. The van der Waals surface area contributed by atoms with E-state index in [9.17, 15) is 4.79 Å². The molecular weight excluding hydrogens is 246 g/mol. The molecule has 2 aromatic carbocycles. The predicted octanol–water partition coefficient (Wildman–Crippen LogP) is 2.93. The van der Waals surface area contributed by atoms with E-state index in [1.807, 2.05) is 42.5 Å². The summed E-state index contributed by atoms with van der Waals surface area (Å²) < 4.78 is 0. The van der Waals surface area contributed by atoms with E-state index in [1.54, 1.807) is 0 Å². The van der Waals surface area contributed by atoms with E-state index in [-0.39, 0.29) is 5.78 Å². The highest BCUT2D eigenvalue weighted by atomic mass is 16.1. The molecule has 0 fully saturated rings. The lowest BCUT2D eigenvalue weighted by atomic mass is 9.98. The second kappa shape index (κ2) is 7.01. The molecule has 2 heteroatoms. The lowest BCUT2D eigenvalue weighted by Gasteiger charge is -2.11. The molecule has 2 aromatic rings. The first-order chi connectivity index (χ1) is 9.69. The average molecular weight is 267 g/mol. The number of hydrogen-bond acceptors (Lipinski definition) is 2. The lowest BCUT2D eigenvalue weighted by molar-refractivity contribution is -0.119. The number of Topliss-reactive ketones (excluding diaryl/α,β-unsaturated/α-hetero) is 1. The molecule has 1 unspecified atom stereocenters. The number of hydrogen-bond donors (Lipinski definition) is 1. The maximum absolute atomic E-state index is 12.1. The summed E-state index contributed by atoms with van der Waals surface area (Å²) in [5.74, 6) is 0.0955. The van der Waals surface area contributed by atoms with Gasteiger partial charge in [-0.25, -0.2) is 0 Å². The summed E-state index contributed by atoms with van der Waals surface area (Å²) in [6, 6.07) is 17.7. The Morgan fingerprint density at radius 3 is 2.15 bits per heavy atom. The van der Waals surface area contributed by atoms with Crippen LogP contribution in [0.3, 0.4) is 0 Å². The van der Waals surface area contributed by atoms with Gasteiger partial charge in [0, 0.05) is 6.42 Å². The third-order valence-electron chi connectivity index (χ3n) is 3.52. The predicted molar refractivity (Wildman–Crippen MR) is 82.7 cm³/mol. The van der Waals surface area contributed by atoms with Gasteiger partial charge in [0.25, 0.3) is 0 Å². The number of carbonyl (C=O) groups is 1. The standard InChI is InChI=1S/C18H21NO/c1-2-14-8-10-16(11-9-14)13-18(20)17(19)12-15-6-4-3-5-7-15/h3-11,17H,2,12-13,19H2,1H3. The SMILES string of the molecule is CCc1ccc(CC(=O)C(N)Cc2ccccc2)cc1. The Balaban J connectivity index is 1.93. The number of ketones is 1. The van der Waals surface area contributed by atoms with E-state index in [2.05, 4.69) is 19.1 Å². The molecule has 0 saturated carbocycles. The second-order valence-corrected chi connectivity index (χ2v) is 5.11. The highest BCUT2D eigenvalue weighted by Gasteiger charge is 2.14. The maximum atomic E-state index is 12.1. The van der Waals surface area contributed by atoms with E-state index in [0.29, 0.717) is 12.8 Å². The van der Waals surface area contributed by atoms with Crippen molar-refractivity contribution < 1.29 is 4.79 Å². The van der Waals surface area contributed by atoms with Gasteiger partial charge in [-0.2, -0.15) is 0 Å². The van der Waals surface area contributed by atoms with Crippen LogP contribution in [0.25, 0.3) is 0 Å². The molecule has 0 amide bonds. The number of nitrogens with two attached hydrogens (primary N) is 1. The molecule has 1 atom stereocenters. The number of aryl methyl sites for hydroxylation is 1. The van der Waals surface area contributed by atoms with Gasteiger partial charge in [-0.3, -0.25) is 4.79 Å². The summed E-state index contributed by atoms with van der Waals surface area (Å²) in [6.07, 6.45) is 2.03. The van der Waals surface area contributed by atoms with Crippen LogP contribution in [0.2, 0.25) is 0 Å². The van der Waals surface area contributed by atoms with E-state index >= 15 is 0 Å². The first kappa shape index (κ1) is 14.5. The Bertz CT molecular complexity index is 545. The molecule has 0 aromatic heterocycles. The minimum atomic E-state index is -0.428. The fourth-order valence-electron chi connectivity index (χ4n) is 2.21. The molecule has 2 N–H and O–H groups in total. The summed E-state index contributed by atoms with van der Waals surface area (Å²) in [4.78, 5) is 12.1. The van der Waals surface area contributed by atoms with E-state index in [4.69, 9.17) is 5.73 Å². The maximum Gasteiger partial charge on any atom is 0.154 e. The quantitative estimate of drug-likeness (QED) is 0.874. The molecule has 0 aliphatic heterocycles. The number of rotatable bonds is 6. The largest absolute Gasteiger partial charge is 0.321 e. The second-order valence-electron chi connectivity index (χ2n) is 5.11. The van der Waals surface area contributed by atoms with Crippen molar-refractivity contribution in [3.8, 4) is 0 Å². The molecule has 0 radical (unpaired) electrons. The zero-order valence-corrected chi connectivity index (χ0v) is 11.9. The van der Waals surface area contributed by atoms with Crippen LogP contribution in [0.15, 0.2) is 54.6 Å². The minimum absolute atomic E-state index is 0.0955. The molecular formula is C18H21NO. The summed E-state index contributed by atoms with van der Waals surface area (Å²) in [5.41, 5.74) is 9.43. The summed E-state index contributed by atoms with van der Waals surface area (Å²) in [7, 11) is 0. The zero-order valence-electron chi connectivity index (χ0n) is 11.9. The van der Waals surface area contributed by atoms with Gasteiger partial charge in [0.2, 0.25) is 0 Å². The Hall–Kier alpha value is -1.93. The van der Waals surface area contributed by atoms with Gasteiger partial charge >= 0.3 is 0 Å². The summed E-state index contributed by atoms with van der Waals surface area (Å²) in [5, 5.41) is 0. The van der Waals surface area contributed by atoms with Crippen molar-refractivity contribution in [3.05, 3.63) is 71.3 Å². The van der Waals surface area contributed by atoms with Crippen molar-refractivity contribution in [2.45, 2.75) is 32.2 Å². The van der Waals surface area contributed by atoms with Crippen molar-refractivity contribution in [3.63, 3.8) is 0 Å². The van der Waals surface area contributed by atoms with Gasteiger partial charge < -0.3 is 5.73 Å². The third-order valence-corrected chi connectivity index (χ3v) is 3.52. The van der Waals surface area contributed by atoms with E-state index < -0.39 is 6.04 Å². The highest BCUT2D eigenvalue weighted by molar-refractivity contribution is 5.86. The Morgan fingerprint density at radius 1 is 0.950 bits per heavy atom. The lowest BCUT2D eigenvalue weighted by Crippen LogP contribution is -2.33. The monoisotopic (exact) mass is 267 g/mol. The first-order valence-corrected chi connectivity index (χ1v) is 7.09. The van der Waals surface area contributed by atoms with Crippen LogP contribution in [-0.4, -0.2) is 11.8 Å². The van der Waals surface area contributed by atoms with Crippen molar-refractivity contribution in [2.75, 3.05) is 0 Å². The molecule has 0 aliphatic rings. The molecule has 0 spiro atoms.